The maximum Gasteiger partial charge on any atom is 0.322 e. The number of carbonyl (C=O) groups is 1. The van der Waals surface area contributed by atoms with Gasteiger partial charge < -0.3 is 5.11 Å². The van der Waals surface area contributed by atoms with E-state index in [1.54, 1.807) is 18.2 Å². The van der Waals surface area contributed by atoms with Crippen molar-refractivity contribution >= 4 is 26.8 Å². The van der Waals surface area contributed by atoms with Crippen molar-refractivity contribution in [1.29, 1.82) is 0 Å². The molecule has 1 unspecified atom stereocenters. The number of benzene rings is 2. The van der Waals surface area contributed by atoms with Crippen LogP contribution in [0.5, 0.6) is 0 Å². The highest BCUT2D eigenvalue weighted by atomic mass is 32.2. The molecule has 0 saturated carbocycles. The van der Waals surface area contributed by atoms with E-state index < -0.39 is 22.0 Å². The Morgan fingerprint density at radius 3 is 2.19 bits per heavy atom. The van der Waals surface area contributed by atoms with E-state index in [9.17, 15) is 18.3 Å². The molecule has 0 aliphatic carbocycles. The largest absolute Gasteiger partial charge is 0.480 e. The SMILES string of the molecule is CC(C)CCN(C(CC(C)C)C(=O)O)S(=O)(=O)c1ccc2ccccc2c1. The van der Waals surface area contributed by atoms with Gasteiger partial charge >= 0.3 is 5.97 Å². The molecule has 2 aromatic carbocycles. The zero-order valence-corrected chi connectivity index (χ0v) is 17.2. The number of carboxylic acid groups (broad SMARTS) is 1. The number of sulfonamides is 1. The molecule has 0 fully saturated rings. The Labute approximate surface area is 162 Å². The Morgan fingerprint density at radius 2 is 1.63 bits per heavy atom. The minimum absolute atomic E-state index is 0.0689. The summed E-state index contributed by atoms with van der Waals surface area (Å²) in [4.78, 5) is 12.0. The topological polar surface area (TPSA) is 74.7 Å². The molecule has 0 bridgehead atoms. The monoisotopic (exact) mass is 391 g/mol. The molecule has 1 atom stereocenters. The molecule has 5 nitrogen and oxygen atoms in total. The van der Waals surface area contributed by atoms with Gasteiger partial charge in [0.15, 0.2) is 0 Å². The van der Waals surface area contributed by atoms with Crippen LogP contribution in [0.3, 0.4) is 0 Å². The molecule has 0 spiro atoms. The summed E-state index contributed by atoms with van der Waals surface area (Å²) in [6.45, 7) is 7.99. The van der Waals surface area contributed by atoms with Gasteiger partial charge in [-0.2, -0.15) is 4.31 Å². The van der Waals surface area contributed by atoms with Gasteiger partial charge in [-0.25, -0.2) is 8.42 Å². The number of fused-ring (bicyclic) bond motifs is 1. The molecular formula is C21H29NO4S. The lowest BCUT2D eigenvalue weighted by Crippen LogP contribution is -2.46. The van der Waals surface area contributed by atoms with Crippen molar-refractivity contribution in [2.24, 2.45) is 11.8 Å². The number of hydrogen-bond acceptors (Lipinski definition) is 3. The van der Waals surface area contributed by atoms with Gasteiger partial charge in [0, 0.05) is 6.54 Å². The van der Waals surface area contributed by atoms with Crippen molar-refractivity contribution in [3.05, 3.63) is 42.5 Å². The van der Waals surface area contributed by atoms with Gasteiger partial charge in [0.25, 0.3) is 0 Å². The molecule has 0 aliphatic heterocycles. The van der Waals surface area contributed by atoms with Gasteiger partial charge in [-0.05, 0) is 47.6 Å². The summed E-state index contributed by atoms with van der Waals surface area (Å²) in [5.41, 5.74) is 0. The van der Waals surface area contributed by atoms with E-state index >= 15 is 0 Å². The van der Waals surface area contributed by atoms with Crippen LogP contribution in [0.15, 0.2) is 47.4 Å². The Balaban J connectivity index is 2.50. The van der Waals surface area contributed by atoms with Crippen molar-refractivity contribution < 1.29 is 18.3 Å². The summed E-state index contributed by atoms with van der Waals surface area (Å²) in [7, 11) is -3.93. The van der Waals surface area contributed by atoms with Crippen LogP contribution >= 0.6 is 0 Å². The summed E-state index contributed by atoms with van der Waals surface area (Å²) < 4.78 is 27.9. The predicted molar refractivity (Wildman–Crippen MR) is 108 cm³/mol. The quantitative estimate of drug-likeness (QED) is 0.688. The van der Waals surface area contributed by atoms with E-state index in [1.807, 2.05) is 52.0 Å². The second-order valence-electron chi connectivity index (χ2n) is 7.79. The fourth-order valence-corrected chi connectivity index (χ4v) is 4.72. The highest BCUT2D eigenvalue weighted by Crippen LogP contribution is 2.26. The zero-order chi connectivity index (χ0) is 20.2. The van der Waals surface area contributed by atoms with Gasteiger partial charge in [0.2, 0.25) is 10.0 Å². The molecule has 0 saturated heterocycles. The lowest BCUT2D eigenvalue weighted by Gasteiger charge is -2.30. The molecule has 148 valence electrons. The average molecular weight is 392 g/mol. The van der Waals surface area contributed by atoms with E-state index in [-0.39, 0.29) is 29.7 Å². The average Bonchev–Trinajstić information content (AvgIpc) is 2.59. The van der Waals surface area contributed by atoms with Crippen LogP contribution in [0.1, 0.15) is 40.5 Å². The first kappa shape index (κ1) is 21.4. The molecule has 27 heavy (non-hydrogen) atoms. The van der Waals surface area contributed by atoms with Gasteiger partial charge in [-0.15, -0.1) is 0 Å². The maximum absolute atomic E-state index is 13.4. The van der Waals surface area contributed by atoms with Crippen LogP contribution in [-0.2, 0) is 14.8 Å². The van der Waals surface area contributed by atoms with Crippen molar-refractivity contribution in [2.45, 2.75) is 51.5 Å². The summed E-state index contributed by atoms with van der Waals surface area (Å²) in [5, 5.41) is 11.5. The minimum Gasteiger partial charge on any atom is -0.480 e. The summed E-state index contributed by atoms with van der Waals surface area (Å²) in [6.07, 6.45) is 0.884. The lowest BCUT2D eigenvalue weighted by atomic mass is 10.0. The summed E-state index contributed by atoms with van der Waals surface area (Å²) >= 11 is 0. The first-order valence-corrected chi connectivity index (χ1v) is 10.8. The summed E-state index contributed by atoms with van der Waals surface area (Å²) in [5.74, 6) is -0.760. The first-order valence-electron chi connectivity index (χ1n) is 9.36. The van der Waals surface area contributed by atoms with E-state index in [2.05, 4.69) is 0 Å². The molecule has 2 rings (SSSR count). The Kier molecular flexibility index (Phi) is 7.00. The van der Waals surface area contributed by atoms with Crippen LogP contribution < -0.4 is 0 Å². The third-order valence-corrected chi connectivity index (χ3v) is 6.49. The van der Waals surface area contributed by atoms with Crippen LogP contribution in [0.4, 0.5) is 0 Å². The molecule has 0 amide bonds. The fourth-order valence-electron chi connectivity index (χ4n) is 3.08. The van der Waals surface area contributed by atoms with Gasteiger partial charge in [-0.3, -0.25) is 4.79 Å². The van der Waals surface area contributed by atoms with E-state index in [0.29, 0.717) is 6.42 Å². The zero-order valence-electron chi connectivity index (χ0n) is 16.4. The molecular weight excluding hydrogens is 362 g/mol. The van der Waals surface area contributed by atoms with E-state index in [0.717, 1.165) is 10.8 Å². The second-order valence-corrected chi connectivity index (χ2v) is 9.68. The molecule has 0 aliphatic rings. The minimum atomic E-state index is -3.93. The first-order chi connectivity index (χ1) is 12.6. The second kappa shape index (κ2) is 8.85. The molecule has 6 heteroatoms. The van der Waals surface area contributed by atoms with Crippen LogP contribution in [0.2, 0.25) is 0 Å². The highest BCUT2D eigenvalue weighted by molar-refractivity contribution is 7.89. The Bertz CT molecular complexity index is 890. The fraction of sp³-hybridized carbons (Fsp3) is 0.476. The molecule has 2 aromatic rings. The maximum atomic E-state index is 13.4. The molecule has 0 aromatic heterocycles. The number of aliphatic carboxylic acids is 1. The van der Waals surface area contributed by atoms with Crippen molar-refractivity contribution in [3.8, 4) is 0 Å². The van der Waals surface area contributed by atoms with Gasteiger partial charge in [0.1, 0.15) is 6.04 Å². The van der Waals surface area contributed by atoms with Crippen LogP contribution in [0, 0.1) is 11.8 Å². The number of nitrogens with zero attached hydrogens (tertiary/aromatic N) is 1. The van der Waals surface area contributed by atoms with Crippen molar-refractivity contribution in [3.63, 3.8) is 0 Å². The third kappa shape index (κ3) is 5.30. The smallest absolute Gasteiger partial charge is 0.322 e. The predicted octanol–water partition coefficient (Wildman–Crippen LogP) is 4.38. The highest BCUT2D eigenvalue weighted by Gasteiger charge is 2.36. The summed E-state index contributed by atoms with van der Waals surface area (Å²) in [6, 6.07) is 11.4. The Hall–Kier alpha value is -1.92. The van der Waals surface area contributed by atoms with Crippen molar-refractivity contribution in [1.82, 2.24) is 4.31 Å². The van der Waals surface area contributed by atoms with Crippen LogP contribution in [0.25, 0.3) is 10.8 Å². The number of hydrogen-bond donors (Lipinski definition) is 1. The van der Waals surface area contributed by atoms with Gasteiger partial charge in [-0.1, -0.05) is 58.0 Å². The number of carboxylic acids is 1. The normalized spacial score (nSPS) is 13.6. The lowest BCUT2D eigenvalue weighted by molar-refractivity contribution is -0.142. The Morgan fingerprint density at radius 1 is 1.00 bits per heavy atom. The van der Waals surface area contributed by atoms with Gasteiger partial charge in [0.05, 0.1) is 4.90 Å². The standard InChI is InChI=1S/C21H29NO4S/c1-15(2)11-12-22(20(21(23)24)13-16(3)4)27(25,26)19-10-9-17-7-5-6-8-18(17)14-19/h5-10,14-16,20H,11-13H2,1-4H3,(H,23,24). The number of rotatable bonds is 9. The molecule has 0 radical (unpaired) electrons. The van der Waals surface area contributed by atoms with E-state index in [1.165, 1.54) is 4.31 Å². The molecule has 0 heterocycles. The van der Waals surface area contributed by atoms with E-state index in [4.69, 9.17) is 0 Å². The van der Waals surface area contributed by atoms with Crippen molar-refractivity contribution in [2.75, 3.05) is 6.54 Å². The van der Waals surface area contributed by atoms with Crippen LogP contribution in [-0.4, -0.2) is 36.4 Å². The molecule has 1 N–H and O–H groups in total. The third-order valence-electron chi connectivity index (χ3n) is 4.58.